The number of nitrogens with one attached hydrogen (secondary N) is 4. The number of aromatic amines is 1. The molecule has 0 saturated heterocycles. The largest absolute Gasteiger partial charge is 0.481 e. The van der Waals surface area contributed by atoms with Gasteiger partial charge in [0, 0.05) is 23.5 Å². The van der Waals surface area contributed by atoms with Crippen LogP contribution in [0.3, 0.4) is 0 Å². The van der Waals surface area contributed by atoms with Gasteiger partial charge in [0.1, 0.15) is 18.1 Å². The van der Waals surface area contributed by atoms with Gasteiger partial charge < -0.3 is 42.0 Å². The smallest absolute Gasteiger partial charge is 0.326 e. The summed E-state index contributed by atoms with van der Waals surface area (Å²) < 4.78 is 0. The van der Waals surface area contributed by atoms with E-state index in [4.69, 9.17) is 10.8 Å². The lowest BCUT2D eigenvalue weighted by atomic mass is 9.99. The number of aliphatic hydroxyl groups is 1. The molecule has 202 valence electrons. The maximum Gasteiger partial charge on any atom is 0.326 e. The van der Waals surface area contributed by atoms with Gasteiger partial charge in [-0.1, -0.05) is 38.5 Å². The average Bonchev–Trinajstić information content (AvgIpc) is 3.27. The molecule has 1 aromatic heterocycles. The Morgan fingerprint density at radius 1 is 0.946 bits per heavy atom. The Morgan fingerprint density at radius 3 is 2.14 bits per heavy atom. The Morgan fingerprint density at radius 2 is 1.54 bits per heavy atom. The minimum absolute atomic E-state index is 0.0977. The van der Waals surface area contributed by atoms with Crippen molar-refractivity contribution in [3.63, 3.8) is 0 Å². The van der Waals surface area contributed by atoms with Crippen molar-refractivity contribution in [1.82, 2.24) is 20.9 Å². The Kier molecular flexibility index (Phi) is 10.6. The molecular formula is C24H33N5O8. The second-order valence-electron chi connectivity index (χ2n) is 8.78. The van der Waals surface area contributed by atoms with Gasteiger partial charge >= 0.3 is 11.9 Å². The quantitative estimate of drug-likeness (QED) is 0.154. The number of rotatable bonds is 14. The predicted molar refractivity (Wildman–Crippen MR) is 132 cm³/mol. The van der Waals surface area contributed by atoms with Gasteiger partial charge in [-0.2, -0.15) is 0 Å². The lowest BCUT2D eigenvalue weighted by Crippen LogP contribution is -2.59. The van der Waals surface area contributed by atoms with Gasteiger partial charge in [-0.3, -0.25) is 19.2 Å². The summed E-state index contributed by atoms with van der Waals surface area (Å²) in [5.74, 6) is -5.71. The first kappa shape index (κ1) is 29.3. The van der Waals surface area contributed by atoms with Crippen LogP contribution in [0.5, 0.6) is 0 Å². The zero-order valence-electron chi connectivity index (χ0n) is 20.6. The molecule has 0 saturated carbocycles. The number of fused-ring (bicyclic) bond motifs is 1. The van der Waals surface area contributed by atoms with Crippen LogP contribution in [0.4, 0.5) is 0 Å². The van der Waals surface area contributed by atoms with Crippen LogP contribution in [0.15, 0.2) is 30.5 Å². The van der Waals surface area contributed by atoms with Crippen molar-refractivity contribution in [3.05, 3.63) is 36.0 Å². The number of carbonyl (C=O) groups excluding carboxylic acids is 3. The number of aliphatic carboxylic acids is 2. The number of H-pyrrole nitrogens is 1. The predicted octanol–water partition coefficient (Wildman–Crippen LogP) is -0.910. The summed E-state index contributed by atoms with van der Waals surface area (Å²) in [7, 11) is 0. The lowest BCUT2D eigenvalue weighted by molar-refractivity contribution is -0.147. The molecule has 2 rings (SSSR count). The number of benzene rings is 1. The molecule has 37 heavy (non-hydrogen) atoms. The first-order valence-electron chi connectivity index (χ1n) is 11.8. The molecule has 0 aliphatic carbocycles. The average molecular weight is 520 g/mol. The van der Waals surface area contributed by atoms with E-state index in [1.165, 1.54) is 0 Å². The summed E-state index contributed by atoms with van der Waals surface area (Å²) in [6.07, 6.45) is 1.26. The molecular weight excluding hydrogens is 486 g/mol. The molecule has 0 bridgehead atoms. The van der Waals surface area contributed by atoms with Gasteiger partial charge in [-0.25, -0.2) is 4.79 Å². The summed E-state index contributed by atoms with van der Waals surface area (Å²) in [6.45, 7) is 2.82. The van der Waals surface area contributed by atoms with Crippen molar-refractivity contribution in [1.29, 1.82) is 0 Å². The maximum atomic E-state index is 13.0. The van der Waals surface area contributed by atoms with E-state index in [-0.39, 0.29) is 12.3 Å². The molecule has 2 aromatic rings. The highest BCUT2D eigenvalue weighted by Gasteiger charge is 2.32. The molecule has 13 nitrogen and oxygen atoms in total. The van der Waals surface area contributed by atoms with Crippen LogP contribution in [0, 0.1) is 5.92 Å². The number of carboxylic acids is 2. The number of nitrogens with two attached hydrogens (primary N) is 1. The molecule has 9 N–H and O–H groups in total. The molecule has 5 atom stereocenters. The van der Waals surface area contributed by atoms with E-state index in [1.807, 2.05) is 6.92 Å². The van der Waals surface area contributed by atoms with Crippen LogP contribution in [0.2, 0.25) is 0 Å². The minimum atomic E-state index is -1.74. The molecule has 0 spiro atoms. The number of hydrogen-bond acceptors (Lipinski definition) is 7. The topological polar surface area (TPSA) is 224 Å². The monoisotopic (exact) mass is 519 g/mol. The molecule has 1 aromatic carbocycles. The second-order valence-corrected chi connectivity index (χ2v) is 8.78. The molecule has 0 aliphatic rings. The highest BCUT2D eigenvalue weighted by Crippen LogP contribution is 2.19. The van der Waals surface area contributed by atoms with Crippen LogP contribution in [0.25, 0.3) is 10.9 Å². The normalized spacial score (nSPS) is 15.1. The number of carboxylic acid groups (broad SMARTS) is 2. The number of aromatic nitrogens is 1. The van der Waals surface area contributed by atoms with Crippen LogP contribution in [0.1, 0.15) is 32.3 Å². The molecule has 3 amide bonds. The fourth-order valence-electron chi connectivity index (χ4n) is 3.62. The molecule has 0 radical (unpaired) electrons. The van der Waals surface area contributed by atoms with E-state index in [1.54, 1.807) is 37.4 Å². The molecule has 0 fully saturated rings. The minimum Gasteiger partial charge on any atom is -0.481 e. The van der Waals surface area contributed by atoms with Gasteiger partial charge in [0.05, 0.1) is 19.1 Å². The van der Waals surface area contributed by atoms with Crippen molar-refractivity contribution < 1.29 is 39.3 Å². The van der Waals surface area contributed by atoms with Crippen LogP contribution in [-0.2, 0) is 30.4 Å². The Bertz CT molecular complexity index is 1130. The highest BCUT2D eigenvalue weighted by atomic mass is 16.4. The van der Waals surface area contributed by atoms with E-state index in [9.17, 15) is 34.2 Å². The third kappa shape index (κ3) is 8.02. The standard InChI is InChI=1S/C24H33N5O8/c1-3-12(2)20(25)23(35)29-18(11-30)22(34)27-16(21(33)28-17(24(36)37)9-19(31)32)8-13-10-26-15-7-5-4-6-14(13)15/h4-7,10,12,16-18,20,26,30H,3,8-9,11,25H2,1-2H3,(H,27,34)(H,28,33)(H,29,35)(H,31,32)(H,36,37). The number of aliphatic hydroxyl groups excluding tert-OH is 1. The van der Waals surface area contributed by atoms with E-state index in [2.05, 4.69) is 20.9 Å². The second kappa shape index (κ2) is 13.4. The van der Waals surface area contributed by atoms with Gasteiger partial charge in [0.2, 0.25) is 17.7 Å². The third-order valence-electron chi connectivity index (χ3n) is 6.10. The van der Waals surface area contributed by atoms with Gasteiger partial charge in [0.25, 0.3) is 0 Å². The van der Waals surface area contributed by atoms with Crippen molar-refractivity contribution in [2.45, 2.75) is 57.3 Å². The number of para-hydroxylation sites is 1. The van der Waals surface area contributed by atoms with E-state index >= 15 is 0 Å². The van der Waals surface area contributed by atoms with Crippen molar-refractivity contribution in [2.75, 3.05) is 6.61 Å². The zero-order valence-corrected chi connectivity index (χ0v) is 20.6. The molecule has 5 unspecified atom stereocenters. The molecule has 13 heteroatoms. The van der Waals surface area contributed by atoms with E-state index in [0.29, 0.717) is 12.0 Å². The van der Waals surface area contributed by atoms with Crippen molar-refractivity contribution in [2.24, 2.45) is 11.7 Å². The van der Waals surface area contributed by atoms with Gasteiger partial charge in [0.15, 0.2) is 0 Å². The summed E-state index contributed by atoms with van der Waals surface area (Å²) >= 11 is 0. The fraction of sp³-hybridized carbons (Fsp3) is 0.458. The Balaban J connectivity index is 2.27. The van der Waals surface area contributed by atoms with Crippen LogP contribution in [-0.4, -0.2) is 80.7 Å². The molecule has 0 aliphatic heterocycles. The third-order valence-corrected chi connectivity index (χ3v) is 6.10. The summed E-state index contributed by atoms with van der Waals surface area (Å²) in [5, 5.41) is 35.7. The number of carbonyl (C=O) groups is 5. The Labute approximate surface area is 212 Å². The van der Waals surface area contributed by atoms with Crippen LogP contribution < -0.4 is 21.7 Å². The number of hydrogen-bond donors (Lipinski definition) is 8. The lowest BCUT2D eigenvalue weighted by Gasteiger charge is -2.25. The summed E-state index contributed by atoms with van der Waals surface area (Å²) in [5.41, 5.74) is 7.27. The SMILES string of the molecule is CCC(C)C(N)C(=O)NC(CO)C(=O)NC(Cc1c[nH]c2ccccc12)C(=O)NC(CC(=O)O)C(=O)O. The number of amides is 3. The maximum absolute atomic E-state index is 13.0. The Hall–Kier alpha value is -3.97. The summed E-state index contributed by atoms with van der Waals surface area (Å²) in [6, 6.07) is 1.70. The highest BCUT2D eigenvalue weighted by molar-refractivity contribution is 5.95. The van der Waals surface area contributed by atoms with Crippen molar-refractivity contribution in [3.8, 4) is 0 Å². The first-order chi connectivity index (χ1) is 17.5. The molecule has 1 heterocycles. The van der Waals surface area contributed by atoms with Gasteiger partial charge in [-0.05, 0) is 17.5 Å². The van der Waals surface area contributed by atoms with Gasteiger partial charge in [-0.15, -0.1) is 0 Å². The fourth-order valence-corrected chi connectivity index (χ4v) is 3.62. The van der Waals surface area contributed by atoms with E-state index in [0.717, 1.165) is 10.9 Å². The summed E-state index contributed by atoms with van der Waals surface area (Å²) in [4.78, 5) is 64.0. The van der Waals surface area contributed by atoms with Crippen molar-refractivity contribution >= 4 is 40.6 Å². The van der Waals surface area contributed by atoms with Crippen LogP contribution >= 0.6 is 0 Å². The zero-order chi connectivity index (χ0) is 27.7. The first-order valence-corrected chi connectivity index (χ1v) is 11.8. The van der Waals surface area contributed by atoms with E-state index < -0.39 is 66.9 Å².